The molecule has 0 heterocycles. The lowest BCUT2D eigenvalue weighted by atomic mass is 9.85. The van der Waals surface area contributed by atoms with Crippen molar-refractivity contribution in [3.63, 3.8) is 0 Å². The average molecular weight is 266 g/mol. The first-order chi connectivity index (χ1) is 9.74. The number of Topliss-reactive ketones (excluding diaryl/α,β-unsaturated/α-hetero) is 1. The highest BCUT2D eigenvalue weighted by molar-refractivity contribution is 6.13. The SMILES string of the molecule is COC(=O)C1C(=O)c2ccccc2[C@H]1c1ccccc1. The number of carbonyl (C=O) groups excluding carboxylic acids is 2. The average Bonchev–Trinajstić information content (AvgIpc) is 2.81. The maximum Gasteiger partial charge on any atom is 0.317 e. The number of ketones is 1. The van der Waals surface area contributed by atoms with Crippen LogP contribution in [0.2, 0.25) is 0 Å². The number of carbonyl (C=O) groups is 2. The molecular weight excluding hydrogens is 252 g/mol. The van der Waals surface area contributed by atoms with Gasteiger partial charge in [0.15, 0.2) is 5.78 Å². The quantitative estimate of drug-likeness (QED) is 0.620. The van der Waals surface area contributed by atoms with Gasteiger partial charge in [-0.15, -0.1) is 0 Å². The number of rotatable bonds is 2. The lowest BCUT2D eigenvalue weighted by molar-refractivity contribution is -0.143. The molecular formula is C17H14O3. The highest BCUT2D eigenvalue weighted by atomic mass is 16.5. The first-order valence-corrected chi connectivity index (χ1v) is 6.50. The van der Waals surface area contributed by atoms with Crippen LogP contribution in [0, 0.1) is 5.92 Å². The Balaban J connectivity index is 2.17. The number of fused-ring (bicyclic) bond motifs is 1. The molecule has 3 nitrogen and oxygen atoms in total. The maximum absolute atomic E-state index is 12.5. The third-order valence-corrected chi connectivity index (χ3v) is 3.79. The molecule has 2 aromatic rings. The summed E-state index contributed by atoms with van der Waals surface area (Å²) in [5, 5.41) is 0. The van der Waals surface area contributed by atoms with E-state index in [1.54, 1.807) is 6.07 Å². The number of esters is 1. The van der Waals surface area contributed by atoms with Gasteiger partial charge in [-0.1, -0.05) is 54.6 Å². The second-order valence-corrected chi connectivity index (χ2v) is 4.84. The van der Waals surface area contributed by atoms with Gasteiger partial charge in [-0.25, -0.2) is 0 Å². The van der Waals surface area contributed by atoms with Gasteiger partial charge < -0.3 is 4.74 Å². The van der Waals surface area contributed by atoms with Crippen molar-refractivity contribution >= 4 is 11.8 Å². The third kappa shape index (κ3) is 1.83. The van der Waals surface area contributed by atoms with Crippen molar-refractivity contribution in [1.82, 2.24) is 0 Å². The molecule has 0 saturated heterocycles. The van der Waals surface area contributed by atoms with Crippen LogP contribution in [0.1, 0.15) is 27.4 Å². The largest absolute Gasteiger partial charge is 0.468 e. The second-order valence-electron chi connectivity index (χ2n) is 4.84. The molecule has 0 saturated carbocycles. The zero-order chi connectivity index (χ0) is 14.1. The van der Waals surface area contributed by atoms with E-state index in [-0.39, 0.29) is 11.7 Å². The van der Waals surface area contributed by atoms with Gasteiger partial charge in [0.05, 0.1) is 7.11 Å². The molecule has 0 amide bonds. The zero-order valence-electron chi connectivity index (χ0n) is 11.1. The summed E-state index contributed by atoms with van der Waals surface area (Å²) in [7, 11) is 1.32. The van der Waals surface area contributed by atoms with E-state index in [0.29, 0.717) is 5.56 Å². The molecule has 0 aromatic heterocycles. The van der Waals surface area contributed by atoms with E-state index in [0.717, 1.165) is 11.1 Å². The molecule has 1 aliphatic rings. The summed E-state index contributed by atoms with van der Waals surface area (Å²) in [6.45, 7) is 0. The van der Waals surface area contributed by atoms with Crippen molar-refractivity contribution in [1.29, 1.82) is 0 Å². The van der Waals surface area contributed by atoms with Crippen LogP contribution in [-0.2, 0) is 9.53 Å². The van der Waals surface area contributed by atoms with Crippen LogP contribution >= 0.6 is 0 Å². The highest BCUT2D eigenvalue weighted by Gasteiger charge is 2.45. The van der Waals surface area contributed by atoms with E-state index in [4.69, 9.17) is 4.74 Å². The van der Waals surface area contributed by atoms with Gasteiger partial charge in [-0.2, -0.15) is 0 Å². The van der Waals surface area contributed by atoms with Crippen molar-refractivity contribution in [3.05, 3.63) is 71.3 Å². The number of methoxy groups -OCH3 is 1. The normalized spacial score (nSPS) is 20.6. The van der Waals surface area contributed by atoms with Gasteiger partial charge in [0.2, 0.25) is 0 Å². The van der Waals surface area contributed by atoms with Crippen LogP contribution in [-0.4, -0.2) is 18.9 Å². The first-order valence-electron chi connectivity index (χ1n) is 6.50. The fraction of sp³-hybridized carbons (Fsp3) is 0.176. The standard InChI is InChI=1S/C17H14O3/c1-20-17(19)15-14(11-7-3-2-4-8-11)12-9-5-6-10-13(12)16(15)18/h2-10,14-15H,1H3/t14-,15?/m1/s1. The summed E-state index contributed by atoms with van der Waals surface area (Å²) in [5.41, 5.74) is 2.48. The molecule has 2 atom stereocenters. The highest BCUT2D eigenvalue weighted by Crippen LogP contribution is 2.42. The van der Waals surface area contributed by atoms with Crippen LogP contribution in [0.4, 0.5) is 0 Å². The summed E-state index contributed by atoms with van der Waals surface area (Å²) in [5.74, 6) is -1.66. The molecule has 0 spiro atoms. The molecule has 3 heteroatoms. The van der Waals surface area contributed by atoms with Gasteiger partial charge in [-0.3, -0.25) is 9.59 Å². The predicted molar refractivity (Wildman–Crippen MR) is 74.6 cm³/mol. The molecule has 0 radical (unpaired) electrons. The monoisotopic (exact) mass is 266 g/mol. The molecule has 0 aliphatic heterocycles. The Morgan fingerprint density at radius 3 is 2.35 bits per heavy atom. The molecule has 1 unspecified atom stereocenters. The number of ether oxygens (including phenoxy) is 1. The predicted octanol–water partition coefficient (Wildman–Crippen LogP) is 2.80. The van der Waals surface area contributed by atoms with Crippen molar-refractivity contribution in [2.45, 2.75) is 5.92 Å². The lowest BCUT2D eigenvalue weighted by Crippen LogP contribution is -2.26. The van der Waals surface area contributed by atoms with Crippen LogP contribution in [0.3, 0.4) is 0 Å². The van der Waals surface area contributed by atoms with Crippen LogP contribution in [0.15, 0.2) is 54.6 Å². The van der Waals surface area contributed by atoms with Crippen LogP contribution in [0.25, 0.3) is 0 Å². The first kappa shape index (κ1) is 12.6. The van der Waals surface area contributed by atoms with Gasteiger partial charge in [0, 0.05) is 11.5 Å². The molecule has 3 rings (SSSR count). The minimum Gasteiger partial charge on any atom is -0.468 e. The van der Waals surface area contributed by atoms with Crippen LogP contribution < -0.4 is 0 Å². The lowest BCUT2D eigenvalue weighted by Gasteiger charge is -2.17. The molecule has 0 bridgehead atoms. The Morgan fingerprint density at radius 1 is 1.00 bits per heavy atom. The molecule has 0 fully saturated rings. The fourth-order valence-corrected chi connectivity index (χ4v) is 2.89. The van der Waals surface area contributed by atoms with Gasteiger partial charge in [0.25, 0.3) is 0 Å². The Bertz CT molecular complexity index is 661. The molecule has 100 valence electrons. The maximum atomic E-state index is 12.5. The summed E-state index contributed by atoms with van der Waals surface area (Å²) in [4.78, 5) is 24.5. The Kier molecular flexibility index (Phi) is 3.11. The summed E-state index contributed by atoms with van der Waals surface area (Å²) in [6, 6.07) is 17.0. The van der Waals surface area contributed by atoms with E-state index < -0.39 is 11.9 Å². The molecule has 1 aliphatic carbocycles. The van der Waals surface area contributed by atoms with Crippen LogP contribution in [0.5, 0.6) is 0 Å². The smallest absolute Gasteiger partial charge is 0.317 e. The number of hydrogen-bond donors (Lipinski definition) is 0. The van der Waals surface area contributed by atoms with Crippen molar-refractivity contribution in [2.75, 3.05) is 7.11 Å². The van der Waals surface area contributed by atoms with Gasteiger partial charge in [-0.05, 0) is 11.1 Å². The third-order valence-electron chi connectivity index (χ3n) is 3.79. The molecule has 20 heavy (non-hydrogen) atoms. The Morgan fingerprint density at radius 2 is 1.65 bits per heavy atom. The topological polar surface area (TPSA) is 43.4 Å². The Labute approximate surface area is 117 Å². The van der Waals surface area contributed by atoms with Crippen molar-refractivity contribution in [3.8, 4) is 0 Å². The summed E-state index contributed by atoms with van der Waals surface area (Å²) < 4.78 is 4.83. The zero-order valence-corrected chi connectivity index (χ0v) is 11.1. The van der Waals surface area contributed by atoms with Gasteiger partial charge in [0.1, 0.15) is 5.92 Å². The number of hydrogen-bond acceptors (Lipinski definition) is 3. The number of benzene rings is 2. The van der Waals surface area contributed by atoms with E-state index in [2.05, 4.69) is 0 Å². The molecule has 2 aromatic carbocycles. The van der Waals surface area contributed by atoms with E-state index in [9.17, 15) is 9.59 Å². The fourth-order valence-electron chi connectivity index (χ4n) is 2.89. The van der Waals surface area contributed by atoms with Crippen molar-refractivity contribution < 1.29 is 14.3 Å². The summed E-state index contributed by atoms with van der Waals surface area (Å²) in [6.07, 6.45) is 0. The minimum absolute atomic E-state index is 0.152. The van der Waals surface area contributed by atoms with E-state index in [1.165, 1.54) is 7.11 Å². The van der Waals surface area contributed by atoms with Crippen molar-refractivity contribution in [2.24, 2.45) is 5.92 Å². The van der Waals surface area contributed by atoms with E-state index in [1.807, 2.05) is 48.5 Å². The van der Waals surface area contributed by atoms with E-state index >= 15 is 0 Å². The minimum atomic E-state index is -0.778. The summed E-state index contributed by atoms with van der Waals surface area (Å²) >= 11 is 0. The Hall–Kier alpha value is -2.42. The van der Waals surface area contributed by atoms with Gasteiger partial charge >= 0.3 is 5.97 Å². The molecule has 0 N–H and O–H groups in total. The second kappa shape index (κ2) is 4.93.